The molecule has 0 saturated carbocycles. The Morgan fingerprint density at radius 1 is 1.19 bits per heavy atom. The fourth-order valence-corrected chi connectivity index (χ4v) is 2.03. The predicted molar refractivity (Wildman–Crippen MR) is 71.1 cm³/mol. The van der Waals surface area contributed by atoms with Crippen LogP contribution in [0, 0.1) is 5.82 Å². The molecule has 0 bridgehead atoms. The monoisotopic (exact) mass is 298 g/mol. The van der Waals surface area contributed by atoms with Crippen molar-refractivity contribution in [2.75, 3.05) is 7.05 Å². The molecule has 0 saturated heterocycles. The number of pyridine rings is 1. The zero-order chi connectivity index (χ0) is 15.5. The first-order chi connectivity index (χ1) is 9.90. The van der Waals surface area contributed by atoms with Crippen LogP contribution in [0.25, 0.3) is 0 Å². The minimum atomic E-state index is -4.40. The Morgan fingerprint density at radius 2 is 1.95 bits per heavy atom. The van der Waals surface area contributed by atoms with E-state index in [1.165, 1.54) is 18.2 Å². The van der Waals surface area contributed by atoms with Crippen molar-refractivity contribution in [2.24, 2.45) is 0 Å². The highest BCUT2D eigenvalue weighted by Gasteiger charge is 2.30. The molecule has 0 aliphatic rings. The fraction of sp³-hybridized carbons (Fsp3) is 0.267. The van der Waals surface area contributed by atoms with Crippen LogP contribution in [-0.2, 0) is 12.6 Å². The molecule has 0 amide bonds. The second-order valence-electron chi connectivity index (χ2n) is 4.64. The number of nitrogens with zero attached hydrogens (tertiary/aromatic N) is 1. The molecular weight excluding hydrogens is 284 g/mol. The lowest BCUT2D eigenvalue weighted by molar-refractivity contribution is -0.137. The lowest BCUT2D eigenvalue weighted by atomic mass is 10.0. The van der Waals surface area contributed by atoms with Gasteiger partial charge in [-0.25, -0.2) is 4.39 Å². The van der Waals surface area contributed by atoms with Gasteiger partial charge in [0.15, 0.2) is 0 Å². The molecule has 0 fully saturated rings. The summed E-state index contributed by atoms with van der Waals surface area (Å²) in [6.45, 7) is 0. The van der Waals surface area contributed by atoms with Crippen molar-refractivity contribution in [1.29, 1.82) is 0 Å². The second-order valence-corrected chi connectivity index (χ2v) is 4.64. The SMILES string of the molecule is CNC(Cc1cccc(F)c1)c1ccc(C(F)(F)F)cn1. The van der Waals surface area contributed by atoms with Crippen LogP contribution in [0.5, 0.6) is 0 Å². The standard InChI is InChI=1S/C15H14F4N2/c1-20-14(8-10-3-2-4-12(16)7-10)13-6-5-11(9-21-13)15(17,18)19/h2-7,9,14,20H,8H2,1H3. The molecular formula is C15H14F4N2. The number of nitrogens with one attached hydrogen (secondary N) is 1. The maximum Gasteiger partial charge on any atom is 0.417 e. The van der Waals surface area contributed by atoms with Crippen LogP contribution in [0.2, 0.25) is 0 Å². The summed E-state index contributed by atoms with van der Waals surface area (Å²) in [5, 5.41) is 2.98. The Morgan fingerprint density at radius 3 is 2.48 bits per heavy atom. The lowest BCUT2D eigenvalue weighted by Crippen LogP contribution is -2.20. The van der Waals surface area contributed by atoms with Crippen molar-refractivity contribution in [2.45, 2.75) is 18.6 Å². The van der Waals surface area contributed by atoms with Crippen molar-refractivity contribution in [3.8, 4) is 0 Å². The van der Waals surface area contributed by atoms with Crippen molar-refractivity contribution in [1.82, 2.24) is 10.3 Å². The Balaban J connectivity index is 2.18. The molecule has 0 radical (unpaired) electrons. The van der Waals surface area contributed by atoms with Gasteiger partial charge in [0.05, 0.1) is 17.3 Å². The summed E-state index contributed by atoms with van der Waals surface area (Å²) in [6.07, 6.45) is -3.15. The molecule has 1 N–H and O–H groups in total. The summed E-state index contributed by atoms with van der Waals surface area (Å²) in [5.74, 6) is -0.345. The highest BCUT2D eigenvalue weighted by Crippen LogP contribution is 2.29. The van der Waals surface area contributed by atoms with E-state index in [1.807, 2.05) is 0 Å². The number of benzene rings is 1. The first-order valence-corrected chi connectivity index (χ1v) is 6.35. The normalized spacial score (nSPS) is 13.2. The Kier molecular flexibility index (Phi) is 4.57. The van der Waals surface area contributed by atoms with Gasteiger partial charge in [0.1, 0.15) is 5.82 Å². The van der Waals surface area contributed by atoms with E-state index in [0.717, 1.165) is 17.8 Å². The third-order valence-corrected chi connectivity index (χ3v) is 3.15. The van der Waals surface area contributed by atoms with E-state index in [9.17, 15) is 17.6 Å². The molecule has 1 aromatic carbocycles. The number of halogens is 4. The first-order valence-electron chi connectivity index (χ1n) is 6.35. The molecule has 0 spiro atoms. The van der Waals surface area contributed by atoms with Crippen LogP contribution < -0.4 is 5.32 Å². The summed E-state index contributed by atoms with van der Waals surface area (Å²) >= 11 is 0. The van der Waals surface area contributed by atoms with Crippen molar-refractivity contribution in [3.05, 3.63) is 65.2 Å². The second kappa shape index (κ2) is 6.22. The van der Waals surface area contributed by atoms with Crippen LogP contribution in [0.3, 0.4) is 0 Å². The molecule has 6 heteroatoms. The van der Waals surface area contributed by atoms with Gasteiger partial charge in [-0.1, -0.05) is 12.1 Å². The van der Waals surface area contributed by atoms with Crippen molar-refractivity contribution in [3.63, 3.8) is 0 Å². The number of alkyl halides is 3. The lowest BCUT2D eigenvalue weighted by Gasteiger charge is -2.16. The van der Waals surface area contributed by atoms with Gasteiger partial charge in [0.2, 0.25) is 0 Å². The van der Waals surface area contributed by atoms with E-state index < -0.39 is 11.7 Å². The molecule has 2 aromatic rings. The van der Waals surface area contributed by atoms with E-state index in [4.69, 9.17) is 0 Å². The molecule has 2 nitrogen and oxygen atoms in total. The van der Waals surface area contributed by atoms with Gasteiger partial charge in [0.25, 0.3) is 0 Å². The number of rotatable bonds is 4. The van der Waals surface area contributed by atoms with Crippen LogP contribution in [0.15, 0.2) is 42.6 Å². The molecule has 1 heterocycles. The molecule has 1 unspecified atom stereocenters. The maximum atomic E-state index is 13.1. The molecule has 0 aliphatic heterocycles. The molecule has 1 atom stereocenters. The average molecular weight is 298 g/mol. The number of hydrogen-bond acceptors (Lipinski definition) is 2. The van der Waals surface area contributed by atoms with Crippen LogP contribution in [0.1, 0.15) is 22.9 Å². The van der Waals surface area contributed by atoms with Crippen LogP contribution in [-0.4, -0.2) is 12.0 Å². The van der Waals surface area contributed by atoms with E-state index in [0.29, 0.717) is 12.1 Å². The van der Waals surface area contributed by atoms with Gasteiger partial charge in [-0.3, -0.25) is 4.98 Å². The average Bonchev–Trinajstić information content (AvgIpc) is 2.44. The maximum absolute atomic E-state index is 13.1. The molecule has 112 valence electrons. The van der Waals surface area contributed by atoms with E-state index >= 15 is 0 Å². The third kappa shape index (κ3) is 4.01. The fourth-order valence-electron chi connectivity index (χ4n) is 2.03. The molecule has 21 heavy (non-hydrogen) atoms. The van der Waals surface area contributed by atoms with E-state index in [2.05, 4.69) is 10.3 Å². The van der Waals surface area contributed by atoms with Crippen molar-refractivity contribution >= 4 is 0 Å². The Hall–Kier alpha value is -1.95. The van der Waals surface area contributed by atoms with E-state index in [-0.39, 0.29) is 11.9 Å². The molecule has 2 rings (SSSR count). The first kappa shape index (κ1) is 15.4. The van der Waals surface area contributed by atoms with E-state index in [1.54, 1.807) is 19.2 Å². The summed E-state index contributed by atoms with van der Waals surface area (Å²) in [4.78, 5) is 3.86. The number of likely N-dealkylation sites (N-methyl/N-ethyl adjacent to an activating group) is 1. The molecule has 0 aliphatic carbocycles. The highest BCUT2D eigenvalue weighted by atomic mass is 19.4. The largest absolute Gasteiger partial charge is 0.417 e. The summed E-state index contributed by atoms with van der Waals surface area (Å²) < 4.78 is 50.6. The van der Waals surface area contributed by atoms with Gasteiger partial charge in [-0.05, 0) is 43.3 Å². The summed E-state index contributed by atoms with van der Waals surface area (Å²) in [6, 6.07) is 8.15. The minimum absolute atomic E-state index is 0.283. The third-order valence-electron chi connectivity index (χ3n) is 3.15. The summed E-state index contributed by atoms with van der Waals surface area (Å²) in [7, 11) is 1.68. The van der Waals surface area contributed by atoms with Gasteiger partial charge >= 0.3 is 6.18 Å². The molecule has 1 aromatic heterocycles. The zero-order valence-corrected chi connectivity index (χ0v) is 11.3. The van der Waals surface area contributed by atoms with Gasteiger partial charge in [-0.15, -0.1) is 0 Å². The quantitative estimate of drug-likeness (QED) is 0.870. The topological polar surface area (TPSA) is 24.9 Å². The van der Waals surface area contributed by atoms with Crippen LogP contribution >= 0.6 is 0 Å². The summed E-state index contributed by atoms with van der Waals surface area (Å²) in [5.41, 5.74) is 0.442. The number of aromatic nitrogens is 1. The number of hydrogen-bond donors (Lipinski definition) is 1. The predicted octanol–water partition coefficient (Wildman–Crippen LogP) is 3.74. The zero-order valence-electron chi connectivity index (χ0n) is 11.3. The Labute approximate surface area is 119 Å². The highest BCUT2D eigenvalue weighted by molar-refractivity contribution is 5.23. The van der Waals surface area contributed by atoms with Gasteiger partial charge in [0, 0.05) is 6.20 Å². The minimum Gasteiger partial charge on any atom is -0.311 e. The van der Waals surface area contributed by atoms with Gasteiger partial charge < -0.3 is 5.32 Å². The van der Waals surface area contributed by atoms with Gasteiger partial charge in [-0.2, -0.15) is 13.2 Å². The van der Waals surface area contributed by atoms with Crippen LogP contribution in [0.4, 0.5) is 17.6 Å². The van der Waals surface area contributed by atoms with Crippen molar-refractivity contribution < 1.29 is 17.6 Å². The smallest absolute Gasteiger partial charge is 0.311 e. The Bertz CT molecular complexity index is 593.